The Bertz CT molecular complexity index is 1680. The Labute approximate surface area is 271 Å². The highest BCUT2D eigenvalue weighted by atomic mass is 35.5. The van der Waals surface area contributed by atoms with Crippen LogP contribution in [0.15, 0.2) is 53.6 Å². The van der Waals surface area contributed by atoms with E-state index >= 15 is 0 Å². The van der Waals surface area contributed by atoms with Gasteiger partial charge in [0.15, 0.2) is 0 Å². The van der Waals surface area contributed by atoms with Crippen molar-refractivity contribution in [3.8, 4) is 10.4 Å². The summed E-state index contributed by atoms with van der Waals surface area (Å²) >= 11 is 7.18. The van der Waals surface area contributed by atoms with Crippen molar-refractivity contribution in [2.24, 2.45) is 5.92 Å². The van der Waals surface area contributed by atoms with Crippen LogP contribution < -0.4 is 9.80 Å². The minimum atomic E-state index is -4.04. The summed E-state index contributed by atoms with van der Waals surface area (Å²) in [5, 5.41) is 10.8. The molecule has 4 aliphatic rings. The molecule has 13 heteroatoms. The first-order valence-electron chi connectivity index (χ1n) is 15.5. The van der Waals surface area contributed by atoms with Crippen LogP contribution in [0.1, 0.15) is 54.6 Å². The number of fused-ring (bicyclic) bond motifs is 2. The third kappa shape index (κ3) is 5.98. The van der Waals surface area contributed by atoms with Crippen LogP contribution in [0, 0.1) is 5.92 Å². The third-order valence-corrected chi connectivity index (χ3v) is 12.7. The van der Waals surface area contributed by atoms with E-state index in [0.717, 1.165) is 74.9 Å². The Morgan fingerprint density at radius 1 is 0.978 bits per heavy atom. The molecule has 7 rings (SSSR count). The van der Waals surface area contributed by atoms with Crippen LogP contribution in [-0.4, -0.2) is 79.1 Å². The number of amides is 1. The summed E-state index contributed by atoms with van der Waals surface area (Å²) in [5.74, 6) is -0.805. The van der Waals surface area contributed by atoms with Gasteiger partial charge in [-0.25, -0.2) is 18.2 Å². The van der Waals surface area contributed by atoms with Crippen molar-refractivity contribution < 1.29 is 27.9 Å². The number of benzene rings is 1. The topological polar surface area (TPSA) is 120 Å². The molecule has 3 saturated heterocycles. The number of rotatable bonds is 7. The van der Waals surface area contributed by atoms with Gasteiger partial charge in [-0.1, -0.05) is 43.0 Å². The van der Waals surface area contributed by atoms with Crippen molar-refractivity contribution in [3.05, 3.63) is 58.6 Å². The number of hydrogen-bond donors (Lipinski definition) is 1. The van der Waals surface area contributed by atoms with Crippen LogP contribution in [0.25, 0.3) is 10.4 Å². The summed E-state index contributed by atoms with van der Waals surface area (Å²) in [4.78, 5) is 35.5. The number of carbonyl (C=O) groups is 2. The molecule has 0 radical (unpaired) electrons. The Morgan fingerprint density at radius 3 is 2.33 bits per heavy atom. The predicted octanol–water partition coefficient (Wildman–Crippen LogP) is 5.52. The number of carboxylic acids is 1. The van der Waals surface area contributed by atoms with E-state index in [1.54, 1.807) is 35.2 Å². The molecule has 1 amide bonds. The van der Waals surface area contributed by atoms with E-state index in [0.29, 0.717) is 21.4 Å². The number of halogens is 1. The summed E-state index contributed by atoms with van der Waals surface area (Å²) in [6.07, 6.45) is 8.53. The zero-order valence-corrected chi connectivity index (χ0v) is 27.1. The number of nitrogens with zero attached hydrogens (tertiary/aromatic N) is 4. The smallest absolute Gasteiger partial charge is 0.348 e. The molecule has 45 heavy (non-hydrogen) atoms. The van der Waals surface area contributed by atoms with Crippen molar-refractivity contribution in [3.63, 3.8) is 0 Å². The highest BCUT2D eigenvalue weighted by molar-refractivity contribution is 7.89. The summed E-state index contributed by atoms with van der Waals surface area (Å²) in [6, 6.07) is 11.7. The van der Waals surface area contributed by atoms with E-state index in [9.17, 15) is 23.1 Å². The fraction of sp³-hybridized carbons (Fsp3) is 0.469. The number of sulfonamides is 1. The van der Waals surface area contributed by atoms with E-state index < -0.39 is 27.9 Å². The maximum Gasteiger partial charge on any atom is 0.348 e. The van der Waals surface area contributed by atoms with Gasteiger partial charge in [0, 0.05) is 35.7 Å². The minimum absolute atomic E-state index is 0.0397. The molecule has 1 N–H and O–H groups in total. The molecule has 1 aromatic carbocycles. The Kier molecular flexibility index (Phi) is 8.36. The largest absolute Gasteiger partial charge is 0.477 e. The first-order chi connectivity index (χ1) is 21.7. The third-order valence-electron chi connectivity index (χ3n) is 9.52. The number of pyridine rings is 1. The molecular formula is C32H35ClN4O6S2. The second-order valence-corrected chi connectivity index (χ2v) is 15.8. The number of anilines is 2. The molecular weight excluding hydrogens is 636 g/mol. The molecule has 0 spiro atoms. The van der Waals surface area contributed by atoms with E-state index in [2.05, 4.69) is 9.88 Å². The number of aromatic nitrogens is 1. The fourth-order valence-corrected chi connectivity index (χ4v) is 9.75. The summed E-state index contributed by atoms with van der Waals surface area (Å²) in [7, 11) is -4.04. The standard InChI is InChI=1S/C32H35ClN4O6S2/c33-22-8-6-21(7-9-22)28-14-26(31(44-28)32(39)40)37-27(20-4-2-1-3-5-20)18-36(19-30(37)38)45(41,42)25-12-13-29(34-15-25)35-16-23-10-11-24(17-35)43-23/h6-9,12-15,20,23-24,27H,1-5,10-11,16-19H2,(H,39,40). The lowest BCUT2D eigenvalue weighted by Crippen LogP contribution is -2.60. The van der Waals surface area contributed by atoms with Crippen molar-refractivity contribution in [2.45, 2.75) is 68.1 Å². The van der Waals surface area contributed by atoms with Gasteiger partial charge < -0.3 is 19.6 Å². The zero-order valence-electron chi connectivity index (χ0n) is 24.7. The van der Waals surface area contributed by atoms with Gasteiger partial charge in [-0.15, -0.1) is 11.3 Å². The van der Waals surface area contributed by atoms with E-state index in [1.165, 1.54) is 10.5 Å². The normalized spacial score (nSPS) is 24.7. The van der Waals surface area contributed by atoms with Crippen LogP contribution in [0.3, 0.4) is 0 Å². The molecule has 1 aliphatic carbocycles. The molecule has 3 atom stereocenters. The van der Waals surface area contributed by atoms with Crippen molar-refractivity contribution in [1.29, 1.82) is 0 Å². The van der Waals surface area contributed by atoms with Gasteiger partial charge >= 0.3 is 5.97 Å². The van der Waals surface area contributed by atoms with Crippen LogP contribution >= 0.6 is 22.9 Å². The highest BCUT2D eigenvalue weighted by Crippen LogP contribution is 2.42. The van der Waals surface area contributed by atoms with Crippen LogP contribution in [0.5, 0.6) is 0 Å². The Balaban J connectivity index is 1.19. The molecule has 4 fully saturated rings. The second-order valence-electron chi connectivity index (χ2n) is 12.4. The first kappa shape index (κ1) is 30.6. The number of ether oxygens (including phenoxy) is 1. The lowest BCUT2D eigenvalue weighted by Gasteiger charge is -2.44. The predicted molar refractivity (Wildman–Crippen MR) is 173 cm³/mol. The second kappa shape index (κ2) is 12.3. The van der Waals surface area contributed by atoms with Gasteiger partial charge in [0.2, 0.25) is 15.9 Å². The lowest BCUT2D eigenvalue weighted by atomic mass is 9.82. The Hall–Kier alpha value is -3.03. The van der Waals surface area contributed by atoms with Gasteiger partial charge in [-0.3, -0.25) is 4.79 Å². The molecule has 2 bridgehead atoms. The monoisotopic (exact) mass is 670 g/mol. The molecule has 3 unspecified atom stereocenters. The number of morpholine rings is 1. The number of piperazine rings is 1. The SMILES string of the molecule is O=C(O)c1sc(-c2ccc(Cl)cc2)cc1N1C(=O)CN(S(=O)(=O)c2ccc(N3CC4CCC(C3)O4)nc2)CC1C1CCCCC1. The average molecular weight is 671 g/mol. The Morgan fingerprint density at radius 2 is 1.69 bits per heavy atom. The van der Waals surface area contributed by atoms with E-state index in [-0.39, 0.29) is 41.0 Å². The maximum atomic E-state index is 14.0. The number of carbonyl (C=O) groups excluding carboxylic acids is 1. The molecule has 238 valence electrons. The van der Waals surface area contributed by atoms with Crippen molar-refractivity contribution in [1.82, 2.24) is 9.29 Å². The number of aromatic carboxylic acids is 1. The first-order valence-corrected chi connectivity index (χ1v) is 18.1. The van der Waals surface area contributed by atoms with Gasteiger partial charge in [-0.2, -0.15) is 4.31 Å². The summed E-state index contributed by atoms with van der Waals surface area (Å²) < 4.78 is 35.1. The van der Waals surface area contributed by atoms with Gasteiger partial charge in [-0.05, 0) is 67.5 Å². The number of carboxylic acid groups (broad SMARTS) is 1. The summed E-state index contributed by atoms with van der Waals surface area (Å²) in [5.41, 5.74) is 1.11. The van der Waals surface area contributed by atoms with E-state index in [4.69, 9.17) is 16.3 Å². The highest BCUT2D eigenvalue weighted by Gasteiger charge is 2.44. The lowest BCUT2D eigenvalue weighted by molar-refractivity contribution is -0.121. The van der Waals surface area contributed by atoms with Gasteiger partial charge in [0.05, 0.1) is 30.5 Å². The molecule has 5 heterocycles. The van der Waals surface area contributed by atoms with Crippen molar-refractivity contribution >= 4 is 56.3 Å². The quantitative estimate of drug-likeness (QED) is 0.349. The van der Waals surface area contributed by atoms with Crippen LogP contribution in [0.4, 0.5) is 11.5 Å². The van der Waals surface area contributed by atoms with Crippen LogP contribution in [-0.2, 0) is 19.6 Å². The van der Waals surface area contributed by atoms with Gasteiger partial charge in [0.1, 0.15) is 15.6 Å². The average Bonchev–Trinajstić information content (AvgIpc) is 3.64. The number of thiophene rings is 1. The molecule has 3 aromatic rings. The van der Waals surface area contributed by atoms with Crippen molar-refractivity contribution in [2.75, 3.05) is 36.0 Å². The zero-order chi connectivity index (χ0) is 31.3. The minimum Gasteiger partial charge on any atom is -0.477 e. The fourth-order valence-electron chi connectivity index (χ4n) is 7.27. The molecule has 2 aromatic heterocycles. The number of hydrogen-bond acceptors (Lipinski definition) is 8. The van der Waals surface area contributed by atoms with Gasteiger partial charge in [0.25, 0.3) is 0 Å². The molecule has 1 saturated carbocycles. The molecule has 3 aliphatic heterocycles. The molecule has 10 nitrogen and oxygen atoms in total. The van der Waals surface area contributed by atoms with E-state index in [1.807, 2.05) is 12.1 Å². The summed E-state index contributed by atoms with van der Waals surface area (Å²) in [6.45, 7) is 1.16. The van der Waals surface area contributed by atoms with Crippen LogP contribution in [0.2, 0.25) is 5.02 Å². The maximum absolute atomic E-state index is 14.0.